The van der Waals surface area contributed by atoms with Crippen molar-refractivity contribution in [2.24, 2.45) is 34.5 Å². The highest BCUT2D eigenvalue weighted by Gasteiger charge is 2.71. The fourth-order valence-corrected chi connectivity index (χ4v) is 8.74. The fraction of sp³-hybridized carbons (Fsp3) is 0.913. The standard InChI is InChI=1S/C23H34O6/c1-20-6-3-17-18(4-8-22(27)11-15(25)2-7-21(17,22)13-24)23(20,28)9-5-16(20)14-10-19(26)29-12-14/h13-18,25,27-28H,2-12H2,1H3/t14-,15-,16?,17-,18+,20+,21-,22-,23-/m0/s1. The van der Waals surface area contributed by atoms with E-state index in [9.17, 15) is 24.9 Å². The van der Waals surface area contributed by atoms with E-state index < -0.39 is 22.7 Å². The summed E-state index contributed by atoms with van der Waals surface area (Å²) in [4.78, 5) is 24.2. The molecule has 1 saturated heterocycles. The second kappa shape index (κ2) is 6.27. The van der Waals surface area contributed by atoms with Crippen LogP contribution >= 0.6 is 0 Å². The molecule has 0 bridgehead atoms. The van der Waals surface area contributed by atoms with Gasteiger partial charge in [-0.1, -0.05) is 6.92 Å². The minimum atomic E-state index is -1.17. The number of fused-ring (bicyclic) bond motifs is 5. The molecule has 0 aromatic carbocycles. The lowest BCUT2D eigenvalue weighted by molar-refractivity contribution is -0.250. The number of carbonyl (C=O) groups excluding carboxylic acids is 2. The first-order chi connectivity index (χ1) is 13.7. The third-order valence-corrected chi connectivity index (χ3v) is 10.2. The molecule has 0 aromatic rings. The summed E-state index contributed by atoms with van der Waals surface area (Å²) >= 11 is 0. The predicted octanol–water partition coefficient (Wildman–Crippen LogP) is 1.98. The molecule has 9 atom stereocenters. The Labute approximate surface area is 172 Å². The van der Waals surface area contributed by atoms with E-state index in [0.717, 1.165) is 25.5 Å². The highest BCUT2D eigenvalue weighted by molar-refractivity contribution is 5.71. The van der Waals surface area contributed by atoms with Crippen LogP contribution in [0.1, 0.15) is 71.1 Å². The van der Waals surface area contributed by atoms with Crippen molar-refractivity contribution in [1.82, 2.24) is 0 Å². The first-order valence-electron chi connectivity index (χ1n) is 11.4. The second-order valence-electron chi connectivity index (χ2n) is 11.0. The number of ether oxygens (including phenoxy) is 1. The smallest absolute Gasteiger partial charge is 0.306 e. The molecule has 0 spiro atoms. The topological polar surface area (TPSA) is 104 Å². The van der Waals surface area contributed by atoms with Crippen molar-refractivity contribution in [3.05, 3.63) is 0 Å². The molecule has 4 aliphatic carbocycles. The van der Waals surface area contributed by atoms with Gasteiger partial charge in [0.25, 0.3) is 0 Å². The van der Waals surface area contributed by atoms with Crippen molar-refractivity contribution in [2.75, 3.05) is 6.61 Å². The van der Waals surface area contributed by atoms with Gasteiger partial charge in [-0.3, -0.25) is 4.79 Å². The quantitative estimate of drug-likeness (QED) is 0.479. The summed E-state index contributed by atoms with van der Waals surface area (Å²) in [7, 11) is 0. The van der Waals surface area contributed by atoms with Crippen LogP contribution in [0, 0.1) is 34.5 Å². The molecule has 0 aromatic heterocycles. The van der Waals surface area contributed by atoms with Crippen LogP contribution in [0.15, 0.2) is 0 Å². The number of esters is 1. The predicted molar refractivity (Wildman–Crippen MR) is 104 cm³/mol. The SMILES string of the molecule is C[C@]12CC[C@H]3[C@@H](CC[C@]4(O)C[C@@H](O)CC[C@]34C=O)[C@@]1(O)CCC2[C@@H]1COC(=O)C1. The molecule has 5 fully saturated rings. The third-order valence-electron chi connectivity index (χ3n) is 10.2. The Morgan fingerprint density at radius 1 is 1.00 bits per heavy atom. The van der Waals surface area contributed by atoms with Gasteiger partial charge in [-0.25, -0.2) is 0 Å². The van der Waals surface area contributed by atoms with Gasteiger partial charge in [0.2, 0.25) is 0 Å². The maximum absolute atomic E-state index is 12.5. The van der Waals surface area contributed by atoms with Gasteiger partial charge in [-0.15, -0.1) is 0 Å². The van der Waals surface area contributed by atoms with Gasteiger partial charge in [0.1, 0.15) is 6.29 Å². The first kappa shape index (κ1) is 20.0. The Morgan fingerprint density at radius 3 is 2.41 bits per heavy atom. The van der Waals surface area contributed by atoms with Crippen LogP contribution in [0.5, 0.6) is 0 Å². The molecule has 162 valence electrons. The highest BCUT2D eigenvalue weighted by Crippen LogP contribution is 2.70. The van der Waals surface area contributed by atoms with E-state index in [1.807, 2.05) is 0 Å². The minimum Gasteiger partial charge on any atom is -0.465 e. The number of aliphatic hydroxyl groups is 3. The number of aldehydes is 1. The molecule has 3 N–H and O–H groups in total. The zero-order valence-electron chi connectivity index (χ0n) is 17.3. The van der Waals surface area contributed by atoms with Gasteiger partial charge in [0, 0.05) is 12.3 Å². The van der Waals surface area contributed by atoms with Crippen LogP contribution in [-0.2, 0) is 14.3 Å². The summed E-state index contributed by atoms with van der Waals surface area (Å²) in [6, 6.07) is 0. The monoisotopic (exact) mass is 406 g/mol. The molecule has 5 rings (SSSR count). The normalized spacial score (nSPS) is 56.8. The van der Waals surface area contributed by atoms with Crippen molar-refractivity contribution in [3.8, 4) is 0 Å². The third kappa shape index (κ3) is 2.40. The first-order valence-corrected chi connectivity index (χ1v) is 11.4. The zero-order chi connectivity index (χ0) is 20.7. The highest BCUT2D eigenvalue weighted by atomic mass is 16.5. The van der Waals surface area contributed by atoms with E-state index in [1.54, 1.807) is 0 Å². The van der Waals surface area contributed by atoms with Crippen LogP contribution in [0.2, 0.25) is 0 Å². The van der Waals surface area contributed by atoms with Crippen LogP contribution in [0.25, 0.3) is 0 Å². The van der Waals surface area contributed by atoms with Crippen molar-refractivity contribution in [2.45, 2.75) is 88.4 Å². The minimum absolute atomic E-state index is 0.0232. The van der Waals surface area contributed by atoms with Gasteiger partial charge in [-0.2, -0.15) is 0 Å². The lowest BCUT2D eigenvalue weighted by Gasteiger charge is -2.65. The maximum atomic E-state index is 12.5. The average molecular weight is 407 g/mol. The summed E-state index contributed by atoms with van der Waals surface area (Å²) in [5.74, 6) is 0.213. The molecule has 6 nitrogen and oxygen atoms in total. The van der Waals surface area contributed by atoms with E-state index in [2.05, 4.69) is 6.92 Å². The summed E-state index contributed by atoms with van der Waals surface area (Å²) < 4.78 is 5.25. The molecule has 29 heavy (non-hydrogen) atoms. The molecule has 0 amide bonds. The number of aliphatic hydroxyl groups excluding tert-OH is 1. The van der Waals surface area contributed by atoms with Crippen molar-refractivity contribution >= 4 is 12.3 Å². The number of carbonyl (C=O) groups is 2. The molecule has 5 aliphatic rings. The van der Waals surface area contributed by atoms with Gasteiger partial charge < -0.3 is 24.9 Å². The van der Waals surface area contributed by atoms with E-state index in [4.69, 9.17) is 4.74 Å². The summed E-state index contributed by atoms with van der Waals surface area (Å²) in [6.45, 7) is 2.64. The van der Waals surface area contributed by atoms with E-state index >= 15 is 0 Å². The molecule has 6 heteroatoms. The molecule has 1 heterocycles. The van der Waals surface area contributed by atoms with Gasteiger partial charge in [-0.05, 0) is 74.5 Å². The number of hydrogen-bond acceptors (Lipinski definition) is 6. The van der Waals surface area contributed by atoms with Crippen molar-refractivity contribution in [1.29, 1.82) is 0 Å². The van der Waals surface area contributed by atoms with Crippen LogP contribution in [-0.4, -0.2) is 51.5 Å². The number of cyclic esters (lactones) is 1. The van der Waals surface area contributed by atoms with E-state index in [1.165, 1.54) is 0 Å². The Morgan fingerprint density at radius 2 is 1.72 bits per heavy atom. The largest absolute Gasteiger partial charge is 0.465 e. The van der Waals surface area contributed by atoms with E-state index in [0.29, 0.717) is 45.1 Å². The van der Waals surface area contributed by atoms with Crippen molar-refractivity contribution in [3.63, 3.8) is 0 Å². The summed E-state index contributed by atoms with van der Waals surface area (Å²) in [5.41, 5.74) is -3.20. The molecule has 4 saturated carbocycles. The lowest BCUT2D eigenvalue weighted by Crippen LogP contribution is -2.68. The van der Waals surface area contributed by atoms with Crippen molar-refractivity contribution < 1.29 is 29.6 Å². The molecular formula is C23H34O6. The summed E-state index contributed by atoms with van der Waals surface area (Å²) in [5, 5.41) is 33.8. The Kier molecular flexibility index (Phi) is 4.31. The molecule has 1 aliphatic heterocycles. The Hall–Kier alpha value is -0.980. The van der Waals surface area contributed by atoms with Gasteiger partial charge >= 0.3 is 5.97 Å². The molecule has 1 unspecified atom stereocenters. The fourth-order valence-electron chi connectivity index (χ4n) is 8.74. The van der Waals surface area contributed by atoms with Gasteiger partial charge in [0.05, 0.1) is 35.7 Å². The number of hydrogen-bond donors (Lipinski definition) is 3. The average Bonchev–Trinajstić information content (AvgIpc) is 3.21. The molecular weight excluding hydrogens is 372 g/mol. The second-order valence-corrected chi connectivity index (χ2v) is 11.0. The Bertz CT molecular complexity index is 724. The molecule has 0 radical (unpaired) electrons. The zero-order valence-corrected chi connectivity index (χ0v) is 17.3. The van der Waals surface area contributed by atoms with Crippen LogP contribution in [0.3, 0.4) is 0 Å². The lowest BCUT2D eigenvalue weighted by atomic mass is 9.41. The van der Waals surface area contributed by atoms with E-state index in [-0.39, 0.29) is 41.5 Å². The van der Waals surface area contributed by atoms with Gasteiger partial charge in [0.15, 0.2) is 0 Å². The summed E-state index contributed by atoms with van der Waals surface area (Å²) in [6.07, 6.45) is 6.46. The Balaban J connectivity index is 1.49. The maximum Gasteiger partial charge on any atom is 0.306 e. The van der Waals surface area contributed by atoms with Crippen LogP contribution in [0.4, 0.5) is 0 Å². The number of rotatable bonds is 2. The van der Waals surface area contributed by atoms with Crippen LogP contribution < -0.4 is 0 Å².